The van der Waals surface area contributed by atoms with E-state index in [1.807, 2.05) is 11.6 Å². The predicted molar refractivity (Wildman–Crippen MR) is 97.7 cm³/mol. The third-order valence-corrected chi connectivity index (χ3v) is 5.11. The SMILES string of the molecule is CC(C)n1nc(COCCN(C)C)c2c1CN(c1nccs1)CC2. The summed E-state index contributed by atoms with van der Waals surface area (Å²) in [4.78, 5) is 8.94. The van der Waals surface area contributed by atoms with Crippen molar-refractivity contribution >= 4 is 16.5 Å². The molecule has 0 saturated carbocycles. The number of nitrogens with zero attached hydrogens (tertiary/aromatic N) is 5. The van der Waals surface area contributed by atoms with E-state index < -0.39 is 0 Å². The lowest BCUT2D eigenvalue weighted by molar-refractivity contribution is 0.102. The highest BCUT2D eigenvalue weighted by Gasteiger charge is 2.26. The summed E-state index contributed by atoms with van der Waals surface area (Å²) in [6, 6.07) is 0.352. The van der Waals surface area contributed by atoms with E-state index in [1.54, 1.807) is 11.3 Å². The van der Waals surface area contributed by atoms with Gasteiger partial charge in [0.05, 0.1) is 31.1 Å². The van der Waals surface area contributed by atoms with Crippen molar-refractivity contribution in [2.24, 2.45) is 0 Å². The molecule has 0 saturated heterocycles. The zero-order valence-electron chi connectivity index (χ0n) is 15.0. The fourth-order valence-corrected chi connectivity index (χ4v) is 3.68. The van der Waals surface area contributed by atoms with Crippen LogP contribution in [0.4, 0.5) is 5.13 Å². The van der Waals surface area contributed by atoms with Crippen molar-refractivity contribution in [3.8, 4) is 0 Å². The number of aromatic nitrogens is 3. The molecule has 24 heavy (non-hydrogen) atoms. The largest absolute Gasteiger partial charge is 0.374 e. The predicted octanol–water partition coefficient (Wildman–Crippen LogP) is 2.56. The van der Waals surface area contributed by atoms with Gasteiger partial charge in [-0.3, -0.25) is 4.68 Å². The van der Waals surface area contributed by atoms with Crippen molar-refractivity contribution in [2.45, 2.75) is 39.5 Å². The smallest absolute Gasteiger partial charge is 0.185 e. The maximum Gasteiger partial charge on any atom is 0.185 e. The Bertz CT molecular complexity index is 650. The average Bonchev–Trinajstić information content (AvgIpc) is 3.19. The Morgan fingerprint density at radius 1 is 1.38 bits per heavy atom. The second kappa shape index (κ2) is 7.63. The maximum absolute atomic E-state index is 5.85. The van der Waals surface area contributed by atoms with Crippen LogP contribution in [0.15, 0.2) is 11.6 Å². The van der Waals surface area contributed by atoms with E-state index in [0.717, 1.165) is 43.5 Å². The molecule has 132 valence electrons. The molecule has 0 bridgehead atoms. The van der Waals surface area contributed by atoms with Gasteiger partial charge >= 0.3 is 0 Å². The number of rotatable bonds is 7. The molecular formula is C17H27N5OS. The van der Waals surface area contributed by atoms with Gasteiger partial charge in [-0.1, -0.05) is 0 Å². The molecule has 0 N–H and O–H groups in total. The minimum Gasteiger partial charge on any atom is -0.374 e. The van der Waals surface area contributed by atoms with E-state index in [1.165, 1.54) is 11.3 Å². The van der Waals surface area contributed by atoms with Crippen LogP contribution in [-0.2, 0) is 24.3 Å². The van der Waals surface area contributed by atoms with E-state index in [4.69, 9.17) is 9.84 Å². The lowest BCUT2D eigenvalue weighted by atomic mass is 10.0. The number of hydrogen-bond donors (Lipinski definition) is 0. The van der Waals surface area contributed by atoms with Crippen molar-refractivity contribution in [3.63, 3.8) is 0 Å². The van der Waals surface area contributed by atoms with Crippen molar-refractivity contribution < 1.29 is 4.74 Å². The zero-order chi connectivity index (χ0) is 17.1. The maximum atomic E-state index is 5.85. The molecular weight excluding hydrogens is 322 g/mol. The molecule has 1 aliphatic heterocycles. The molecule has 7 heteroatoms. The second-order valence-electron chi connectivity index (χ2n) is 6.75. The first kappa shape index (κ1) is 17.4. The minimum atomic E-state index is 0.352. The molecule has 6 nitrogen and oxygen atoms in total. The van der Waals surface area contributed by atoms with E-state index >= 15 is 0 Å². The van der Waals surface area contributed by atoms with Crippen molar-refractivity contribution in [1.82, 2.24) is 19.7 Å². The fourth-order valence-electron chi connectivity index (χ4n) is 3.01. The lowest BCUT2D eigenvalue weighted by Crippen LogP contribution is -2.31. The van der Waals surface area contributed by atoms with Gasteiger partial charge in [-0.25, -0.2) is 4.98 Å². The summed E-state index contributed by atoms with van der Waals surface area (Å²) in [5.74, 6) is 0. The summed E-state index contributed by atoms with van der Waals surface area (Å²) in [5, 5.41) is 7.99. The molecule has 3 rings (SSSR count). The quantitative estimate of drug-likeness (QED) is 0.719. The van der Waals surface area contributed by atoms with Gasteiger partial charge in [0.2, 0.25) is 0 Å². The first-order valence-electron chi connectivity index (χ1n) is 8.52. The van der Waals surface area contributed by atoms with Crippen LogP contribution in [0, 0.1) is 0 Å². The van der Waals surface area contributed by atoms with Crippen LogP contribution in [0.2, 0.25) is 0 Å². The minimum absolute atomic E-state index is 0.352. The molecule has 0 aliphatic carbocycles. The van der Waals surface area contributed by atoms with E-state index in [-0.39, 0.29) is 0 Å². The van der Waals surface area contributed by atoms with Crippen molar-refractivity contribution in [1.29, 1.82) is 0 Å². The molecule has 0 aromatic carbocycles. The molecule has 0 fully saturated rings. The van der Waals surface area contributed by atoms with E-state index in [9.17, 15) is 0 Å². The first-order valence-corrected chi connectivity index (χ1v) is 9.40. The topological polar surface area (TPSA) is 46.4 Å². The molecule has 0 amide bonds. The Hall–Kier alpha value is -1.44. The molecule has 0 unspecified atom stereocenters. The highest BCUT2D eigenvalue weighted by Crippen LogP contribution is 2.29. The molecule has 0 spiro atoms. The summed E-state index contributed by atoms with van der Waals surface area (Å²) in [5.41, 5.74) is 3.80. The normalized spacial score (nSPS) is 14.7. The van der Waals surface area contributed by atoms with Gasteiger partial charge < -0.3 is 14.5 Å². The molecule has 1 aliphatic rings. The summed E-state index contributed by atoms with van der Waals surface area (Å²) in [7, 11) is 4.12. The number of hydrogen-bond acceptors (Lipinski definition) is 6. The van der Waals surface area contributed by atoms with Crippen LogP contribution in [-0.4, -0.2) is 53.5 Å². The van der Waals surface area contributed by atoms with Crippen LogP contribution in [0.25, 0.3) is 0 Å². The third kappa shape index (κ3) is 3.79. The number of fused-ring (bicyclic) bond motifs is 1. The second-order valence-corrected chi connectivity index (χ2v) is 7.63. The van der Waals surface area contributed by atoms with Crippen LogP contribution in [0.1, 0.15) is 36.8 Å². The zero-order valence-corrected chi connectivity index (χ0v) is 15.8. The molecule has 2 aromatic rings. The lowest BCUT2D eigenvalue weighted by Gasteiger charge is -2.28. The van der Waals surface area contributed by atoms with Gasteiger partial charge in [0.15, 0.2) is 5.13 Å². The monoisotopic (exact) mass is 349 g/mol. The Kier molecular flexibility index (Phi) is 5.53. The van der Waals surface area contributed by atoms with Crippen LogP contribution >= 0.6 is 11.3 Å². The summed E-state index contributed by atoms with van der Waals surface area (Å²) in [6.45, 7) is 8.53. The van der Waals surface area contributed by atoms with Crippen molar-refractivity contribution in [3.05, 3.63) is 28.5 Å². The Morgan fingerprint density at radius 2 is 2.21 bits per heavy atom. The Morgan fingerprint density at radius 3 is 2.88 bits per heavy atom. The van der Waals surface area contributed by atoms with Gasteiger partial charge in [0.1, 0.15) is 0 Å². The standard InChI is InChI=1S/C17H27N5OS/c1-13(2)22-16-11-21(17-18-6-10-24-17)7-5-14(16)15(19-22)12-23-9-8-20(3)4/h6,10,13H,5,7-9,11-12H2,1-4H3. The van der Waals surface area contributed by atoms with Crippen LogP contribution in [0.5, 0.6) is 0 Å². The van der Waals surface area contributed by atoms with Gasteiger partial charge in [0.25, 0.3) is 0 Å². The van der Waals surface area contributed by atoms with Crippen LogP contribution in [0.3, 0.4) is 0 Å². The summed E-state index contributed by atoms with van der Waals surface area (Å²) >= 11 is 1.70. The summed E-state index contributed by atoms with van der Waals surface area (Å²) < 4.78 is 8.01. The van der Waals surface area contributed by atoms with Crippen molar-refractivity contribution in [2.75, 3.05) is 38.7 Å². The highest BCUT2D eigenvalue weighted by molar-refractivity contribution is 7.13. The molecule has 3 heterocycles. The first-order chi connectivity index (χ1) is 11.6. The van der Waals surface area contributed by atoms with Gasteiger partial charge in [-0.2, -0.15) is 5.10 Å². The fraction of sp³-hybridized carbons (Fsp3) is 0.647. The number of thiazole rings is 1. The number of likely N-dealkylation sites (N-methyl/N-ethyl adjacent to an activating group) is 1. The third-order valence-electron chi connectivity index (χ3n) is 4.27. The van der Waals surface area contributed by atoms with E-state index in [2.05, 4.69) is 47.4 Å². The van der Waals surface area contributed by atoms with Gasteiger partial charge in [0, 0.05) is 36.3 Å². The number of ether oxygens (including phenoxy) is 1. The van der Waals surface area contributed by atoms with Gasteiger partial charge in [-0.05, 0) is 34.4 Å². The van der Waals surface area contributed by atoms with E-state index in [0.29, 0.717) is 12.6 Å². The van der Waals surface area contributed by atoms with Crippen LogP contribution < -0.4 is 4.90 Å². The summed E-state index contributed by atoms with van der Waals surface area (Å²) in [6.07, 6.45) is 2.88. The molecule has 2 aromatic heterocycles. The molecule has 0 radical (unpaired) electrons. The van der Waals surface area contributed by atoms with Gasteiger partial charge in [-0.15, -0.1) is 11.3 Å². The molecule has 0 atom stereocenters. The Balaban J connectivity index is 1.75. The Labute approximate surface area is 148 Å². The number of anilines is 1. The highest BCUT2D eigenvalue weighted by atomic mass is 32.1. The average molecular weight is 350 g/mol.